The lowest BCUT2D eigenvalue weighted by atomic mass is 10.3. The molecule has 0 spiro atoms. The van der Waals surface area contributed by atoms with E-state index in [2.05, 4.69) is 14.7 Å². The van der Waals surface area contributed by atoms with Crippen LogP contribution in [-0.4, -0.2) is 10.1 Å². The molecule has 0 saturated heterocycles. The van der Waals surface area contributed by atoms with E-state index in [4.69, 9.17) is 10.00 Å². The highest BCUT2D eigenvalue weighted by atomic mass is 16.5. The second-order valence-corrected chi connectivity index (χ2v) is 2.75. The van der Waals surface area contributed by atoms with Gasteiger partial charge in [0, 0.05) is 12.3 Å². The Hall–Kier alpha value is -2.35. The molecule has 0 atom stereocenters. The fourth-order valence-electron chi connectivity index (χ4n) is 1.05. The SMILES string of the molecule is N#Cc1cccnc1OCc1ccon1. The summed E-state index contributed by atoms with van der Waals surface area (Å²) in [4.78, 5) is 3.95. The van der Waals surface area contributed by atoms with Crippen LogP contribution in [0.5, 0.6) is 5.88 Å². The lowest BCUT2D eigenvalue weighted by molar-refractivity contribution is 0.278. The van der Waals surface area contributed by atoms with Gasteiger partial charge in [-0.3, -0.25) is 0 Å². The standard InChI is InChI=1S/C10H7N3O2/c11-6-8-2-1-4-12-10(8)14-7-9-3-5-15-13-9/h1-5H,7H2. The monoisotopic (exact) mass is 201 g/mol. The smallest absolute Gasteiger partial charge is 0.232 e. The van der Waals surface area contributed by atoms with E-state index in [-0.39, 0.29) is 6.61 Å². The summed E-state index contributed by atoms with van der Waals surface area (Å²) in [6.45, 7) is 0.238. The molecule has 0 saturated carbocycles. The lowest BCUT2D eigenvalue weighted by Gasteiger charge is -2.03. The molecule has 0 bridgehead atoms. The van der Waals surface area contributed by atoms with Crippen LogP contribution in [0.3, 0.4) is 0 Å². The van der Waals surface area contributed by atoms with Crippen LogP contribution in [0.15, 0.2) is 35.2 Å². The summed E-state index contributed by atoms with van der Waals surface area (Å²) >= 11 is 0. The molecule has 0 unspecified atom stereocenters. The Morgan fingerprint density at radius 3 is 3.13 bits per heavy atom. The number of ether oxygens (including phenoxy) is 1. The van der Waals surface area contributed by atoms with E-state index in [0.717, 1.165) is 0 Å². The fourth-order valence-corrected chi connectivity index (χ4v) is 1.05. The van der Waals surface area contributed by atoms with Gasteiger partial charge in [-0.15, -0.1) is 0 Å². The normalized spacial score (nSPS) is 9.53. The van der Waals surface area contributed by atoms with Gasteiger partial charge < -0.3 is 9.26 Å². The zero-order valence-electron chi connectivity index (χ0n) is 7.75. The first-order chi connectivity index (χ1) is 7.40. The van der Waals surface area contributed by atoms with Gasteiger partial charge in [-0.2, -0.15) is 5.26 Å². The van der Waals surface area contributed by atoms with Crippen molar-refractivity contribution in [2.45, 2.75) is 6.61 Å². The van der Waals surface area contributed by atoms with Crippen LogP contribution in [0.2, 0.25) is 0 Å². The molecule has 2 rings (SSSR count). The average Bonchev–Trinajstić information content (AvgIpc) is 2.79. The Morgan fingerprint density at radius 2 is 2.40 bits per heavy atom. The minimum atomic E-state index is 0.238. The first-order valence-electron chi connectivity index (χ1n) is 4.27. The molecule has 0 aliphatic carbocycles. The van der Waals surface area contributed by atoms with E-state index < -0.39 is 0 Å². The highest BCUT2D eigenvalue weighted by molar-refractivity contribution is 5.36. The minimum Gasteiger partial charge on any atom is -0.470 e. The summed E-state index contributed by atoms with van der Waals surface area (Å²) < 4.78 is 9.96. The maximum absolute atomic E-state index is 8.77. The summed E-state index contributed by atoms with van der Waals surface area (Å²) in [7, 11) is 0. The number of hydrogen-bond donors (Lipinski definition) is 0. The topological polar surface area (TPSA) is 71.9 Å². The third-order valence-corrected chi connectivity index (χ3v) is 1.74. The van der Waals surface area contributed by atoms with Crippen LogP contribution in [0.1, 0.15) is 11.3 Å². The van der Waals surface area contributed by atoms with Crippen LogP contribution in [0, 0.1) is 11.3 Å². The van der Waals surface area contributed by atoms with E-state index in [1.807, 2.05) is 6.07 Å². The van der Waals surface area contributed by atoms with Crippen molar-refractivity contribution in [1.29, 1.82) is 5.26 Å². The summed E-state index contributed by atoms with van der Waals surface area (Å²) in [5.41, 5.74) is 1.06. The van der Waals surface area contributed by atoms with Crippen molar-refractivity contribution in [3.63, 3.8) is 0 Å². The molecular weight excluding hydrogens is 194 g/mol. The molecule has 0 N–H and O–H groups in total. The molecule has 15 heavy (non-hydrogen) atoms. The molecule has 74 valence electrons. The van der Waals surface area contributed by atoms with Crippen molar-refractivity contribution < 1.29 is 9.26 Å². The third kappa shape index (κ3) is 2.11. The Labute approximate surface area is 85.9 Å². The van der Waals surface area contributed by atoms with Crippen molar-refractivity contribution in [1.82, 2.24) is 10.1 Å². The van der Waals surface area contributed by atoms with Gasteiger partial charge in [-0.1, -0.05) is 5.16 Å². The van der Waals surface area contributed by atoms with E-state index in [1.54, 1.807) is 24.4 Å². The predicted octanol–water partition coefficient (Wildman–Crippen LogP) is 1.52. The minimum absolute atomic E-state index is 0.238. The summed E-state index contributed by atoms with van der Waals surface area (Å²) in [5, 5.41) is 12.4. The number of nitrogens with zero attached hydrogens (tertiary/aromatic N) is 3. The van der Waals surface area contributed by atoms with Crippen LogP contribution in [-0.2, 0) is 6.61 Å². The van der Waals surface area contributed by atoms with Crippen molar-refractivity contribution in [3.8, 4) is 11.9 Å². The van der Waals surface area contributed by atoms with Crippen molar-refractivity contribution >= 4 is 0 Å². The molecule has 2 aromatic rings. The second-order valence-electron chi connectivity index (χ2n) is 2.75. The summed E-state index contributed by atoms with van der Waals surface area (Å²) in [6.07, 6.45) is 3.03. The summed E-state index contributed by atoms with van der Waals surface area (Å²) in [6, 6.07) is 7.01. The maximum Gasteiger partial charge on any atom is 0.232 e. The van der Waals surface area contributed by atoms with Crippen molar-refractivity contribution in [2.75, 3.05) is 0 Å². The van der Waals surface area contributed by atoms with Crippen LogP contribution in [0.25, 0.3) is 0 Å². The lowest BCUT2D eigenvalue weighted by Crippen LogP contribution is -1.99. The maximum atomic E-state index is 8.77. The predicted molar refractivity (Wildman–Crippen MR) is 49.8 cm³/mol. The van der Waals surface area contributed by atoms with Gasteiger partial charge in [0.25, 0.3) is 0 Å². The molecule has 5 nitrogen and oxygen atoms in total. The fraction of sp³-hybridized carbons (Fsp3) is 0.100. The molecule has 2 aromatic heterocycles. The van der Waals surface area contributed by atoms with Gasteiger partial charge in [-0.25, -0.2) is 4.98 Å². The van der Waals surface area contributed by atoms with Crippen LogP contribution < -0.4 is 4.74 Å². The molecule has 0 aromatic carbocycles. The first-order valence-corrected chi connectivity index (χ1v) is 4.27. The number of rotatable bonds is 3. The van der Waals surface area contributed by atoms with Gasteiger partial charge in [0.15, 0.2) is 0 Å². The second kappa shape index (κ2) is 4.24. The molecule has 0 amide bonds. The number of aromatic nitrogens is 2. The molecule has 0 fully saturated rings. The van der Waals surface area contributed by atoms with E-state index >= 15 is 0 Å². The van der Waals surface area contributed by atoms with E-state index in [0.29, 0.717) is 17.1 Å². The molecular formula is C10H7N3O2. The zero-order chi connectivity index (χ0) is 10.5. The van der Waals surface area contributed by atoms with Crippen LogP contribution in [0.4, 0.5) is 0 Å². The van der Waals surface area contributed by atoms with E-state index in [1.165, 1.54) is 6.26 Å². The zero-order valence-corrected chi connectivity index (χ0v) is 7.75. The summed E-state index contributed by atoms with van der Waals surface area (Å²) in [5.74, 6) is 0.308. The van der Waals surface area contributed by atoms with Gasteiger partial charge in [0.05, 0.1) is 0 Å². The Balaban J connectivity index is 2.08. The number of nitriles is 1. The highest BCUT2D eigenvalue weighted by Gasteiger charge is 2.04. The van der Waals surface area contributed by atoms with E-state index in [9.17, 15) is 0 Å². The van der Waals surface area contributed by atoms with Crippen molar-refractivity contribution in [3.05, 3.63) is 41.9 Å². The Bertz CT molecular complexity index is 474. The van der Waals surface area contributed by atoms with Gasteiger partial charge >= 0.3 is 0 Å². The molecule has 0 aliphatic rings. The Kier molecular flexibility index (Phi) is 2.61. The molecule has 0 radical (unpaired) electrons. The van der Waals surface area contributed by atoms with Crippen LogP contribution >= 0.6 is 0 Å². The first kappa shape index (κ1) is 9.21. The van der Waals surface area contributed by atoms with Crippen molar-refractivity contribution in [2.24, 2.45) is 0 Å². The Morgan fingerprint density at radius 1 is 1.47 bits per heavy atom. The number of pyridine rings is 1. The van der Waals surface area contributed by atoms with Gasteiger partial charge in [0.1, 0.15) is 30.2 Å². The molecule has 0 aliphatic heterocycles. The average molecular weight is 201 g/mol. The highest BCUT2D eigenvalue weighted by Crippen LogP contribution is 2.13. The molecule has 5 heteroatoms. The van der Waals surface area contributed by atoms with Gasteiger partial charge in [0.2, 0.25) is 5.88 Å². The molecule has 2 heterocycles. The number of hydrogen-bond acceptors (Lipinski definition) is 5. The largest absolute Gasteiger partial charge is 0.470 e. The quantitative estimate of drug-likeness (QED) is 0.752. The van der Waals surface area contributed by atoms with Gasteiger partial charge in [-0.05, 0) is 12.1 Å². The third-order valence-electron chi connectivity index (χ3n) is 1.74.